The summed E-state index contributed by atoms with van der Waals surface area (Å²) < 4.78 is 14.2. The highest BCUT2D eigenvalue weighted by Crippen LogP contribution is 2.27. The smallest absolute Gasteiger partial charge is 0.146 e. The van der Waals surface area contributed by atoms with Gasteiger partial charge in [0, 0.05) is 25.2 Å². The van der Waals surface area contributed by atoms with E-state index in [1.807, 2.05) is 19.1 Å². The van der Waals surface area contributed by atoms with Gasteiger partial charge in [-0.15, -0.1) is 0 Å². The van der Waals surface area contributed by atoms with Crippen molar-refractivity contribution in [3.8, 4) is 0 Å². The van der Waals surface area contributed by atoms with E-state index in [1.165, 1.54) is 0 Å². The zero-order chi connectivity index (χ0) is 14.0. The largest absolute Gasteiger partial charge is 0.363 e. The first-order valence-corrected chi connectivity index (χ1v) is 7.29. The molecule has 2 rings (SSSR count). The highest BCUT2D eigenvalue weighted by atomic mass is 19.1. The van der Waals surface area contributed by atoms with Crippen LogP contribution in [0.25, 0.3) is 0 Å². The Morgan fingerprint density at radius 1 is 1.42 bits per heavy atom. The molecule has 1 aliphatic rings. The summed E-state index contributed by atoms with van der Waals surface area (Å²) >= 11 is 0. The summed E-state index contributed by atoms with van der Waals surface area (Å²) in [4.78, 5) is 2.25. The van der Waals surface area contributed by atoms with Crippen molar-refractivity contribution in [2.75, 3.05) is 18.0 Å². The molecule has 2 unspecified atom stereocenters. The lowest BCUT2D eigenvalue weighted by atomic mass is 9.96. The minimum absolute atomic E-state index is 0.0950. The van der Waals surface area contributed by atoms with Crippen molar-refractivity contribution in [3.05, 3.63) is 29.6 Å². The molecule has 0 bridgehead atoms. The molecule has 1 heterocycles. The Morgan fingerprint density at radius 3 is 2.74 bits per heavy atom. The van der Waals surface area contributed by atoms with E-state index in [0.717, 1.165) is 30.8 Å². The number of benzene rings is 1. The van der Waals surface area contributed by atoms with Crippen molar-refractivity contribution < 1.29 is 4.39 Å². The first kappa shape index (κ1) is 14.3. The van der Waals surface area contributed by atoms with Gasteiger partial charge in [-0.3, -0.25) is 0 Å². The van der Waals surface area contributed by atoms with Gasteiger partial charge in [-0.25, -0.2) is 4.39 Å². The van der Waals surface area contributed by atoms with Gasteiger partial charge in [0.2, 0.25) is 0 Å². The fourth-order valence-electron chi connectivity index (χ4n) is 2.83. The van der Waals surface area contributed by atoms with Crippen LogP contribution in [-0.4, -0.2) is 25.2 Å². The van der Waals surface area contributed by atoms with Crippen LogP contribution < -0.4 is 10.2 Å². The second-order valence-corrected chi connectivity index (χ2v) is 5.93. The average Bonchev–Trinajstić information content (AvgIpc) is 2.38. The number of piperazine rings is 1. The predicted octanol–water partition coefficient (Wildman–Crippen LogP) is 3.35. The first-order chi connectivity index (χ1) is 9.02. The molecule has 1 aliphatic heterocycles. The summed E-state index contributed by atoms with van der Waals surface area (Å²) in [6, 6.07) is 6.38. The Hall–Kier alpha value is -1.09. The van der Waals surface area contributed by atoms with Gasteiger partial charge in [0.25, 0.3) is 0 Å². The molecule has 0 amide bonds. The van der Waals surface area contributed by atoms with E-state index in [9.17, 15) is 4.39 Å². The molecule has 1 fully saturated rings. The van der Waals surface area contributed by atoms with Gasteiger partial charge < -0.3 is 10.2 Å². The van der Waals surface area contributed by atoms with Crippen molar-refractivity contribution in [1.29, 1.82) is 0 Å². The van der Waals surface area contributed by atoms with Crippen molar-refractivity contribution in [2.45, 2.75) is 46.2 Å². The summed E-state index contributed by atoms with van der Waals surface area (Å²) in [5, 5.41) is 3.57. The van der Waals surface area contributed by atoms with Crippen molar-refractivity contribution in [2.24, 2.45) is 5.92 Å². The Bertz CT molecular complexity index is 431. The third-order valence-electron chi connectivity index (χ3n) is 4.11. The maximum Gasteiger partial charge on any atom is 0.146 e. The average molecular weight is 264 g/mol. The number of hydrogen-bond donors (Lipinski definition) is 1. The van der Waals surface area contributed by atoms with Crippen LogP contribution in [0.3, 0.4) is 0 Å². The second-order valence-electron chi connectivity index (χ2n) is 5.93. The van der Waals surface area contributed by atoms with Gasteiger partial charge in [-0.1, -0.05) is 26.8 Å². The number of hydrogen-bond acceptors (Lipinski definition) is 2. The maximum atomic E-state index is 14.2. The van der Waals surface area contributed by atoms with Gasteiger partial charge in [-0.2, -0.15) is 0 Å². The molecule has 1 aromatic carbocycles. The van der Waals surface area contributed by atoms with E-state index in [1.54, 1.807) is 6.07 Å². The molecule has 0 aliphatic carbocycles. The number of nitrogens with one attached hydrogen (secondary N) is 1. The number of aryl methyl sites for hydroxylation is 1. The zero-order valence-electron chi connectivity index (χ0n) is 12.4. The molecule has 1 saturated heterocycles. The highest BCUT2D eigenvalue weighted by Gasteiger charge is 2.30. The fourth-order valence-corrected chi connectivity index (χ4v) is 2.83. The molecular formula is C16H25FN2. The lowest BCUT2D eigenvalue weighted by Crippen LogP contribution is -2.58. The van der Waals surface area contributed by atoms with E-state index in [2.05, 4.69) is 31.0 Å². The third kappa shape index (κ3) is 3.08. The van der Waals surface area contributed by atoms with Gasteiger partial charge in [0.15, 0.2) is 0 Å². The molecule has 0 radical (unpaired) electrons. The summed E-state index contributed by atoms with van der Waals surface area (Å²) in [5.41, 5.74) is 1.73. The minimum Gasteiger partial charge on any atom is -0.363 e. The van der Waals surface area contributed by atoms with Crippen LogP contribution in [0, 0.1) is 18.7 Å². The molecule has 0 aromatic heterocycles. The lowest BCUT2D eigenvalue weighted by Gasteiger charge is -2.44. The van der Waals surface area contributed by atoms with Crippen LogP contribution in [-0.2, 0) is 0 Å². The molecule has 1 N–H and O–H groups in total. The topological polar surface area (TPSA) is 15.3 Å². The molecule has 0 saturated carbocycles. The number of anilines is 1. The third-order valence-corrected chi connectivity index (χ3v) is 4.11. The quantitative estimate of drug-likeness (QED) is 0.900. The molecule has 2 atom stereocenters. The van der Waals surface area contributed by atoms with E-state index < -0.39 is 0 Å². The summed E-state index contributed by atoms with van der Waals surface area (Å²) in [6.07, 6.45) is 1.08. The lowest BCUT2D eigenvalue weighted by molar-refractivity contribution is 0.331. The molecule has 1 aromatic rings. The van der Waals surface area contributed by atoms with Crippen LogP contribution in [0.4, 0.5) is 10.1 Å². The van der Waals surface area contributed by atoms with Crippen LogP contribution in [0.1, 0.15) is 32.8 Å². The summed E-state index contributed by atoms with van der Waals surface area (Å²) in [7, 11) is 0. The zero-order valence-corrected chi connectivity index (χ0v) is 12.4. The summed E-state index contributed by atoms with van der Waals surface area (Å²) in [6.45, 7) is 10.3. The molecular weight excluding hydrogens is 239 g/mol. The van der Waals surface area contributed by atoms with Crippen molar-refractivity contribution >= 4 is 5.69 Å². The number of halogens is 1. The van der Waals surface area contributed by atoms with Gasteiger partial charge >= 0.3 is 0 Å². The Balaban J connectivity index is 2.30. The predicted molar refractivity (Wildman–Crippen MR) is 79.2 cm³/mol. The Morgan fingerprint density at radius 2 is 2.16 bits per heavy atom. The SMILES string of the molecule is CCC1CN(c2ccc(C)cc2F)C(C(C)C)CN1. The monoisotopic (exact) mass is 264 g/mol. The highest BCUT2D eigenvalue weighted by molar-refractivity contribution is 5.51. The Kier molecular flexibility index (Phi) is 4.46. The maximum absolute atomic E-state index is 14.2. The second kappa shape index (κ2) is 5.91. The molecule has 106 valence electrons. The van der Waals surface area contributed by atoms with E-state index in [4.69, 9.17) is 0 Å². The number of nitrogens with zero attached hydrogens (tertiary/aromatic N) is 1. The van der Waals surface area contributed by atoms with E-state index in [-0.39, 0.29) is 5.82 Å². The van der Waals surface area contributed by atoms with E-state index in [0.29, 0.717) is 18.0 Å². The van der Waals surface area contributed by atoms with Crippen LogP contribution in [0.2, 0.25) is 0 Å². The summed E-state index contributed by atoms with van der Waals surface area (Å²) in [5.74, 6) is 0.411. The van der Waals surface area contributed by atoms with Gasteiger partial charge in [-0.05, 0) is 37.0 Å². The molecule has 2 nitrogen and oxygen atoms in total. The van der Waals surface area contributed by atoms with Crippen LogP contribution in [0.15, 0.2) is 18.2 Å². The number of rotatable bonds is 3. The molecule has 3 heteroatoms. The standard InChI is InChI=1S/C16H25FN2/c1-5-13-10-19(16(9-18-13)11(2)3)15-7-6-12(4)8-14(15)17/h6-8,11,13,16,18H,5,9-10H2,1-4H3. The van der Waals surface area contributed by atoms with E-state index >= 15 is 0 Å². The first-order valence-electron chi connectivity index (χ1n) is 7.29. The van der Waals surface area contributed by atoms with Gasteiger partial charge in [0.1, 0.15) is 5.82 Å². The normalized spacial score (nSPS) is 24.0. The van der Waals surface area contributed by atoms with Crippen LogP contribution >= 0.6 is 0 Å². The fraction of sp³-hybridized carbons (Fsp3) is 0.625. The Labute approximate surface area is 116 Å². The van der Waals surface area contributed by atoms with Gasteiger partial charge in [0.05, 0.1) is 5.69 Å². The van der Waals surface area contributed by atoms with Crippen LogP contribution in [0.5, 0.6) is 0 Å². The van der Waals surface area contributed by atoms with Crippen molar-refractivity contribution in [1.82, 2.24) is 5.32 Å². The molecule has 19 heavy (non-hydrogen) atoms. The minimum atomic E-state index is -0.0950. The molecule has 0 spiro atoms. The van der Waals surface area contributed by atoms with Crippen molar-refractivity contribution in [3.63, 3.8) is 0 Å².